The van der Waals surface area contributed by atoms with Gasteiger partial charge >= 0.3 is 0 Å². The number of likely N-dealkylation sites (N-methyl/N-ethyl adjacent to an activating group) is 1. The molecule has 166 valence electrons. The summed E-state index contributed by atoms with van der Waals surface area (Å²) < 4.78 is 42.8. The van der Waals surface area contributed by atoms with Crippen molar-refractivity contribution in [3.05, 3.63) is 48.7 Å². The highest BCUT2D eigenvalue weighted by molar-refractivity contribution is 6.04. The first-order chi connectivity index (χ1) is 15.3. The van der Waals surface area contributed by atoms with Gasteiger partial charge in [-0.2, -0.15) is 4.98 Å². The van der Waals surface area contributed by atoms with Crippen LogP contribution in [0, 0.1) is 5.82 Å². The number of carbonyl (C=O) groups excluding carboxylic acids is 1. The quantitative estimate of drug-likeness (QED) is 0.615. The van der Waals surface area contributed by atoms with Gasteiger partial charge in [-0.3, -0.25) is 9.36 Å². The molecule has 0 radical (unpaired) electrons. The molecule has 3 heterocycles. The Morgan fingerprint density at radius 2 is 2.00 bits per heavy atom. The Morgan fingerprint density at radius 1 is 1.22 bits per heavy atom. The van der Waals surface area contributed by atoms with Crippen molar-refractivity contribution < 1.29 is 18.0 Å². The highest BCUT2D eigenvalue weighted by Gasteiger charge is 2.52. The number of hydrogen-bond donors (Lipinski definition) is 0. The molecule has 1 saturated carbocycles. The van der Waals surface area contributed by atoms with E-state index in [4.69, 9.17) is 0 Å². The molecule has 5 rings (SSSR count). The van der Waals surface area contributed by atoms with Gasteiger partial charge in [0.1, 0.15) is 23.4 Å². The maximum Gasteiger partial charge on any atom is 0.252 e. The summed E-state index contributed by atoms with van der Waals surface area (Å²) in [7, 11) is 1.63. The van der Waals surface area contributed by atoms with Gasteiger partial charge in [0.15, 0.2) is 5.82 Å². The molecule has 0 spiro atoms. The number of rotatable bonds is 4. The second-order valence-corrected chi connectivity index (χ2v) is 8.16. The lowest BCUT2D eigenvalue weighted by atomic mass is 9.85. The Morgan fingerprint density at radius 3 is 2.69 bits per heavy atom. The Kier molecular flexibility index (Phi) is 4.68. The summed E-state index contributed by atoms with van der Waals surface area (Å²) in [5, 5.41) is 0. The van der Waals surface area contributed by atoms with Crippen molar-refractivity contribution in [3.63, 3.8) is 0 Å². The van der Waals surface area contributed by atoms with Gasteiger partial charge in [0.2, 0.25) is 11.9 Å². The molecule has 10 heteroatoms. The first kappa shape index (κ1) is 20.5. The number of carbonyl (C=O) groups is 1. The predicted octanol–water partition coefficient (Wildman–Crippen LogP) is 3.83. The minimum absolute atomic E-state index is 0.172. The van der Waals surface area contributed by atoms with Gasteiger partial charge < -0.3 is 9.80 Å². The smallest absolute Gasteiger partial charge is 0.252 e. The number of benzene rings is 1. The zero-order valence-corrected chi connectivity index (χ0v) is 17.5. The lowest BCUT2D eigenvalue weighted by Gasteiger charge is -2.49. The van der Waals surface area contributed by atoms with Crippen molar-refractivity contribution in [1.82, 2.24) is 19.5 Å². The Balaban J connectivity index is 1.61. The molecule has 1 aromatic carbocycles. The monoisotopic (exact) mass is 442 g/mol. The molecule has 0 bridgehead atoms. The van der Waals surface area contributed by atoms with Crippen molar-refractivity contribution in [2.45, 2.75) is 44.2 Å². The summed E-state index contributed by atoms with van der Waals surface area (Å²) in [6, 6.07) is 4.95. The largest absolute Gasteiger partial charge is 0.339 e. The highest BCUT2D eigenvalue weighted by atomic mass is 19.3. The van der Waals surface area contributed by atoms with Crippen molar-refractivity contribution in [2.75, 3.05) is 16.8 Å². The van der Waals surface area contributed by atoms with Crippen LogP contribution < -0.4 is 9.80 Å². The SMILES string of the molecule is CC[C@@H]1C(=O)N(C)c2cnc(-n3ccnc3-c3cccc(F)c3)nc2N1C1CC(F)(F)C1. The van der Waals surface area contributed by atoms with E-state index >= 15 is 0 Å². The zero-order valence-electron chi connectivity index (χ0n) is 17.5. The zero-order chi connectivity index (χ0) is 22.6. The second-order valence-electron chi connectivity index (χ2n) is 8.16. The molecule has 3 aromatic rings. The number of halogens is 3. The van der Waals surface area contributed by atoms with Crippen LogP contribution in [0.2, 0.25) is 0 Å². The maximum atomic E-state index is 13.8. The number of hydrogen-bond acceptors (Lipinski definition) is 5. The van der Waals surface area contributed by atoms with E-state index in [2.05, 4.69) is 15.0 Å². The van der Waals surface area contributed by atoms with Gasteiger partial charge in [-0.15, -0.1) is 0 Å². The second kappa shape index (κ2) is 7.32. The molecule has 1 aliphatic heterocycles. The average molecular weight is 442 g/mol. The van der Waals surface area contributed by atoms with Crippen LogP contribution in [-0.4, -0.2) is 50.5 Å². The molecule has 0 unspecified atom stereocenters. The topological polar surface area (TPSA) is 67.2 Å². The van der Waals surface area contributed by atoms with Crippen LogP contribution in [0.4, 0.5) is 24.7 Å². The number of anilines is 2. The van der Waals surface area contributed by atoms with E-state index in [1.54, 1.807) is 41.0 Å². The van der Waals surface area contributed by atoms with Gasteiger partial charge in [-0.25, -0.2) is 23.1 Å². The molecule has 2 aromatic heterocycles. The van der Waals surface area contributed by atoms with E-state index in [0.29, 0.717) is 29.3 Å². The van der Waals surface area contributed by atoms with E-state index in [0.717, 1.165) is 0 Å². The summed E-state index contributed by atoms with van der Waals surface area (Å²) in [6.45, 7) is 1.85. The normalized spacial score (nSPS) is 20.3. The fraction of sp³-hybridized carbons (Fsp3) is 0.364. The Hall–Kier alpha value is -3.43. The number of aromatic nitrogens is 4. The number of amides is 1. The van der Waals surface area contributed by atoms with Gasteiger partial charge in [0.25, 0.3) is 5.92 Å². The molecule has 0 saturated heterocycles. The molecule has 7 nitrogen and oxygen atoms in total. The lowest BCUT2D eigenvalue weighted by Crippen LogP contribution is -2.61. The molecule has 0 N–H and O–H groups in total. The van der Waals surface area contributed by atoms with Gasteiger partial charge in [-0.1, -0.05) is 19.1 Å². The average Bonchev–Trinajstić information content (AvgIpc) is 3.24. The van der Waals surface area contributed by atoms with Crippen LogP contribution in [0.1, 0.15) is 26.2 Å². The number of alkyl halides is 2. The van der Waals surface area contributed by atoms with Gasteiger partial charge in [-0.05, 0) is 18.6 Å². The third-order valence-corrected chi connectivity index (χ3v) is 6.08. The first-order valence-corrected chi connectivity index (χ1v) is 10.4. The minimum atomic E-state index is -2.74. The molecule has 32 heavy (non-hydrogen) atoms. The summed E-state index contributed by atoms with van der Waals surface area (Å²) in [4.78, 5) is 29.5. The summed E-state index contributed by atoms with van der Waals surface area (Å²) in [5.41, 5.74) is 1.01. The Labute approximate surface area is 182 Å². The fourth-order valence-corrected chi connectivity index (χ4v) is 4.44. The first-order valence-electron chi connectivity index (χ1n) is 10.4. The van der Waals surface area contributed by atoms with E-state index in [1.807, 2.05) is 6.92 Å². The predicted molar refractivity (Wildman–Crippen MR) is 112 cm³/mol. The fourth-order valence-electron chi connectivity index (χ4n) is 4.44. The van der Waals surface area contributed by atoms with Gasteiger partial charge in [0, 0.05) is 43.9 Å². The van der Waals surface area contributed by atoms with Crippen molar-refractivity contribution in [2.24, 2.45) is 0 Å². The van der Waals surface area contributed by atoms with Crippen molar-refractivity contribution >= 4 is 17.4 Å². The maximum absolute atomic E-state index is 13.8. The van der Waals surface area contributed by atoms with Crippen LogP contribution in [0.15, 0.2) is 42.9 Å². The van der Waals surface area contributed by atoms with Crippen LogP contribution >= 0.6 is 0 Å². The van der Waals surface area contributed by atoms with Crippen LogP contribution in [-0.2, 0) is 4.79 Å². The van der Waals surface area contributed by atoms with E-state index in [-0.39, 0.29) is 24.7 Å². The third kappa shape index (κ3) is 3.21. The van der Waals surface area contributed by atoms with Gasteiger partial charge in [0.05, 0.1) is 6.20 Å². The van der Waals surface area contributed by atoms with Crippen LogP contribution in [0.5, 0.6) is 0 Å². The standard InChI is InChI=1S/C22H21F3N6O/c1-3-16-20(32)29(2)17-12-27-21(28-19(17)31(16)15-10-22(24,25)11-15)30-8-7-26-18(30)13-5-4-6-14(23)9-13/h4-9,12,15-16H,3,10-11H2,1-2H3/t16-/m1/s1. The summed E-state index contributed by atoms with van der Waals surface area (Å²) >= 11 is 0. The molecular formula is C22H21F3N6O. The molecular weight excluding hydrogens is 421 g/mol. The van der Waals surface area contributed by atoms with E-state index < -0.39 is 23.8 Å². The molecule has 1 fully saturated rings. The number of fused-ring (bicyclic) bond motifs is 1. The van der Waals surface area contributed by atoms with Crippen molar-refractivity contribution in [1.29, 1.82) is 0 Å². The number of imidazole rings is 1. The Bertz CT molecular complexity index is 1190. The van der Waals surface area contributed by atoms with Crippen LogP contribution in [0.3, 0.4) is 0 Å². The third-order valence-electron chi connectivity index (χ3n) is 6.08. The van der Waals surface area contributed by atoms with E-state index in [1.165, 1.54) is 23.2 Å². The summed E-state index contributed by atoms with van der Waals surface area (Å²) in [6.07, 6.45) is 4.54. The molecule has 1 atom stereocenters. The molecule has 1 amide bonds. The van der Waals surface area contributed by atoms with Crippen LogP contribution in [0.25, 0.3) is 17.3 Å². The highest BCUT2D eigenvalue weighted by Crippen LogP contribution is 2.46. The lowest BCUT2D eigenvalue weighted by molar-refractivity contribution is -0.122. The van der Waals surface area contributed by atoms with Crippen molar-refractivity contribution in [3.8, 4) is 17.3 Å². The van der Waals surface area contributed by atoms with E-state index in [9.17, 15) is 18.0 Å². The molecule has 1 aliphatic carbocycles. The minimum Gasteiger partial charge on any atom is -0.339 e. The number of nitrogens with zero attached hydrogens (tertiary/aromatic N) is 6. The molecule has 2 aliphatic rings. The summed E-state index contributed by atoms with van der Waals surface area (Å²) in [5.74, 6) is -2.17.